The number of aliphatic hydroxyl groups is 7. The molecule has 4 rings (SSSR count). The lowest BCUT2D eigenvalue weighted by Crippen LogP contribution is -2.62. The van der Waals surface area contributed by atoms with Gasteiger partial charge in [-0.2, -0.15) is 0 Å². The molecule has 8 nitrogen and oxygen atoms in total. The average molecular weight is 497 g/mol. The minimum Gasteiger partial charge on any atom is -0.393 e. The van der Waals surface area contributed by atoms with Crippen LogP contribution in [0.25, 0.3) is 0 Å². The van der Waals surface area contributed by atoms with Crippen LogP contribution in [0, 0.1) is 28.6 Å². The molecular formula is C27H44O8. The molecule has 0 spiro atoms. The Labute approximate surface area is 207 Å². The van der Waals surface area contributed by atoms with Crippen LogP contribution in [0.4, 0.5) is 0 Å². The quantitative estimate of drug-likeness (QED) is 0.285. The summed E-state index contributed by atoms with van der Waals surface area (Å²) in [5.41, 5.74) is -4.90. The van der Waals surface area contributed by atoms with Crippen LogP contribution in [0.2, 0.25) is 0 Å². The molecule has 7 N–H and O–H groups in total. The molecule has 3 fully saturated rings. The van der Waals surface area contributed by atoms with E-state index in [0.717, 1.165) is 0 Å². The van der Waals surface area contributed by atoms with Gasteiger partial charge >= 0.3 is 0 Å². The maximum atomic E-state index is 13.3. The second-order valence-electron chi connectivity index (χ2n) is 13.0. The van der Waals surface area contributed by atoms with Crippen molar-refractivity contribution in [3.05, 3.63) is 11.6 Å². The number of hydrogen-bond acceptors (Lipinski definition) is 8. The summed E-state index contributed by atoms with van der Waals surface area (Å²) in [6.07, 6.45) is 1.37. The van der Waals surface area contributed by atoms with E-state index < -0.39 is 64.4 Å². The van der Waals surface area contributed by atoms with Gasteiger partial charge in [-0.25, -0.2) is 0 Å². The van der Waals surface area contributed by atoms with E-state index in [1.807, 2.05) is 13.8 Å². The van der Waals surface area contributed by atoms with E-state index >= 15 is 0 Å². The minimum atomic E-state index is -1.55. The zero-order chi connectivity index (χ0) is 26.2. The third kappa shape index (κ3) is 3.95. The molecule has 0 aliphatic heterocycles. The van der Waals surface area contributed by atoms with Crippen LogP contribution >= 0.6 is 0 Å². The summed E-state index contributed by atoms with van der Waals surface area (Å²) in [5.74, 6) is -1.08. The number of ketones is 1. The molecule has 0 heterocycles. The summed E-state index contributed by atoms with van der Waals surface area (Å²) >= 11 is 0. The van der Waals surface area contributed by atoms with Gasteiger partial charge in [0.2, 0.25) is 0 Å². The molecule has 8 heteroatoms. The van der Waals surface area contributed by atoms with Crippen molar-refractivity contribution in [2.24, 2.45) is 28.6 Å². The summed E-state index contributed by atoms with van der Waals surface area (Å²) in [7, 11) is 0. The van der Waals surface area contributed by atoms with Gasteiger partial charge in [-0.15, -0.1) is 0 Å². The van der Waals surface area contributed by atoms with Gasteiger partial charge in [0.15, 0.2) is 5.78 Å². The van der Waals surface area contributed by atoms with E-state index in [-0.39, 0.29) is 31.0 Å². The first-order valence-corrected chi connectivity index (χ1v) is 13.1. The number of hydrogen-bond donors (Lipinski definition) is 7. The van der Waals surface area contributed by atoms with Gasteiger partial charge in [0.05, 0.1) is 41.7 Å². The third-order valence-electron chi connectivity index (χ3n) is 10.8. The van der Waals surface area contributed by atoms with Gasteiger partial charge in [-0.3, -0.25) is 4.79 Å². The predicted octanol–water partition coefficient (Wildman–Crippen LogP) is 0.826. The van der Waals surface area contributed by atoms with Crippen molar-refractivity contribution in [1.29, 1.82) is 0 Å². The standard InChI is InChI=1S/C27H44O8/c1-23(33,14-28)8-7-22(32)26(4,34)21-6-10-27(35)16-11-18(29)17-12-19(30)20(31)13-24(17,2)15(16)5-9-25(21,27)3/h11,15,17,19-22,28,30-35H,5-10,12-14H2,1-4H3/t15-,17-,19+,20-,21-,22?,23?,24+,25+,26+,27+/m0/s1. The summed E-state index contributed by atoms with van der Waals surface area (Å²) in [6, 6.07) is 0. The van der Waals surface area contributed by atoms with Crippen LogP contribution in [-0.2, 0) is 4.79 Å². The second-order valence-corrected chi connectivity index (χ2v) is 13.0. The van der Waals surface area contributed by atoms with E-state index in [9.17, 15) is 40.5 Å². The third-order valence-corrected chi connectivity index (χ3v) is 10.8. The van der Waals surface area contributed by atoms with Crippen molar-refractivity contribution in [1.82, 2.24) is 0 Å². The molecule has 0 saturated heterocycles. The first-order valence-electron chi connectivity index (χ1n) is 13.1. The minimum absolute atomic E-state index is 0.0926. The lowest BCUT2D eigenvalue weighted by Gasteiger charge is -2.60. The molecule has 200 valence electrons. The summed E-state index contributed by atoms with van der Waals surface area (Å²) < 4.78 is 0. The van der Waals surface area contributed by atoms with Crippen LogP contribution in [0.3, 0.4) is 0 Å². The largest absolute Gasteiger partial charge is 0.393 e. The first-order chi connectivity index (χ1) is 16.0. The Morgan fingerprint density at radius 1 is 1.09 bits per heavy atom. The van der Waals surface area contributed by atoms with Crippen LogP contribution in [0.15, 0.2) is 11.6 Å². The summed E-state index contributed by atoms with van der Waals surface area (Å²) in [5, 5.41) is 74.9. The molecule has 3 saturated carbocycles. The lowest BCUT2D eigenvalue weighted by molar-refractivity contribution is -0.177. The number of aliphatic hydroxyl groups excluding tert-OH is 4. The maximum absolute atomic E-state index is 13.3. The highest BCUT2D eigenvalue weighted by molar-refractivity contribution is 5.95. The maximum Gasteiger partial charge on any atom is 0.159 e. The van der Waals surface area contributed by atoms with Crippen LogP contribution in [0.1, 0.15) is 79.1 Å². The van der Waals surface area contributed by atoms with E-state index in [0.29, 0.717) is 37.7 Å². The normalized spacial score (nSPS) is 47.6. The van der Waals surface area contributed by atoms with Gasteiger partial charge in [0.1, 0.15) is 0 Å². The fourth-order valence-corrected chi connectivity index (χ4v) is 8.36. The fraction of sp³-hybridized carbons (Fsp3) is 0.889. The van der Waals surface area contributed by atoms with E-state index in [2.05, 4.69) is 0 Å². The topological polar surface area (TPSA) is 159 Å². The van der Waals surface area contributed by atoms with E-state index in [1.165, 1.54) is 6.92 Å². The van der Waals surface area contributed by atoms with Crippen molar-refractivity contribution in [3.63, 3.8) is 0 Å². The van der Waals surface area contributed by atoms with Gasteiger partial charge in [0.25, 0.3) is 0 Å². The number of fused-ring (bicyclic) bond motifs is 5. The molecule has 0 aromatic carbocycles. The first kappa shape index (κ1) is 27.2. The molecule has 2 unspecified atom stereocenters. The highest BCUT2D eigenvalue weighted by Crippen LogP contribution is 2.68. The molecule has 0 aromatic rings. The van der Waals surface area contributed by atoms with Gasteiger partial charge in [0, 0.05) is 11.3 Å². The molecule has 0 bridgehead atoms. The fourth-order valence-electron chi connectivity index (χ4n) is 8.36. The zero-order valence-corrected chi connectivity index (χ0v) is 21.4. The summed E-state index contributed by atoms with van der Waals surface area (Å²) in [4.78, 5) is 13.3. The zero-order valence-electron chi connectivity index (χ0n) is 21.4. The molecule has 4 aliphatic rings. The van der Waals surface area contributed by atoms with Crippen LogP contribution in [0.5, 0.6) is 0 Å². The monoisotopic (exact) mass is 496 g/mol. The van der Waals surface area contributed by atoms with Crippen molar-refractivity contribution >= 4 is 5.78 Å². The van der Waals surface area contributed by atoms with Crippen molar-refractivity contribution in [2.75, 3.05) is 6.61 Å². The Morgan fingerprint density at radius 2 is 1.74 bits per heavy atom. The number of allylic oxidation sites excluding steroid dienone is 1. The van der Waals surface area contributed by atoms with Crippen molar-refractivity contribution in [3.8, 4) is 0 Å². The van der Waals surface area contributed by atoms with Gasteiger partial charge in [-0.05, 0) is 94.1 Å². The van der Waals surface area contributed by atoms with Gasteiger partial charge in [-0.1, -0.05) is 13.8 Å². The Balaban J connectivity index is 1.64. The molecule has 11 atom stereocenters. The Morgan fingerprint density at radius 3 is 2.37 bits per heavy atom. The molecular weight excluding hydrogens is 452 g/mol. The molecule has 0 amide bonds. The van der Waals surface area contributed by atoms with Crippen LogP contribution < -0.4 is 0 Å². The molecule has 35 heavy (non-hydrogen) atoms. The van der Waals surface area contributed by atoms with Crippen LogP contribution in [-0.4, -0.2) is 83.3 Å². The molecule has 0 radical (unpaired) electrons. The lowest BCUT2D eigenvalue weighted by atomic mass is 9.45. The van der Waals surface area contributed by atoms with Crippen molar-refractivity contribution in [2.45, 2.75) is 114 Å². The Bertz CT molecular complexity index is 882. The molecule has 4 aliphatic carbocycles. The predicted molar refractivity (Wildman–Crippen MR) is 128 cm³/mol. The van der Waals surface area contributed by atoms with Gasteiger partial charge < -0.3 is 35.7 Å². The SMILES string of the molecule is CC(O)(CO)CCC(O)[C@](C)(O)[C@H]1CC[C@@]2(O)C3=CC(=O)[C@@H]4C[C@@H](O)[C@@H](O)C[C@]4(C)[C@H]3CC[C@]12C. The Kier molecular flexibility index (Phi) is 6.66. The molecule has 0 aromatic heterocycles. The van der Waals surface area contributed by atoms with E-state index in [4.69, 9.17) is 0 Å². The number of carbonyl (C=O) groups excluding carboxylic acids is 1. The van der Waals surface area contributed by atoms with Crippen molar-refractivity contribution < 1.29 is 40.5 Å². The van der Waals surface area contributed by atoms with E-state index in [1.54, 1.807) is 13.0 Å². The second kappa shape index (κ2) is 8.58. The highest BCUT2D eigenvalue weighted by atomic mass is 16.3. The Hall–Kier alpha value is -0.870. The highest BCUT2D eigenvalue weighted by Gasteiger charge is 2.69. The number of rotatable bonds is 6. The number of carbonyl (C=O) groups is 1. The summed E-state index contributed by atoms with van der Waals surface area (Å²) in [6.45, 7) is 6.54. The smallest absolute Gasteiger partial charge is 0.159 e. The average Bonchev–Trinajstić information content (AvgIpc) is 3.06.